The molecule has 0 aliphatic carbocycles. The third kappa shape index (κ3) is 8.13. The summed E-state index contributed by atoms with van der Waals surface area (Å²) in [4.78, 5) is 30.3. The van der Waals surface area contributed by atoms with Crippen molar-refractivity contribution in [2.45, 2.75) is 45.8 Å². The van der Waals surface area contributed by atoms with Crippen LogP contribution < -0.4 is 10.6 Å². The highest BCUT2D eigenvalue weighted by Gasteiger charge is 2.25. The molecule has 0 saturated carbocycles. The van der Waals surface area contributed by atoms with Crippen LogP contribution >= 0.6 is 11.6 Å². The average Bonchev–Trinajstić information content (AvgIpc) is 2.59. The molecule has 1 fully saturated rings. The lowest BCUT2D eigenvalue weighted by molar-refractivity contribution is -0.126. The molecule has 0 radical (unpaired) electrons. The minimum atomic E-state index is -0.529. The first kappa shape index (κ1) is 21.4. The fourth-order valence-corrected chi connectivity index (χ4v) is 3.09. The first-order valence-electron chi connectivity index (χ1n) is 9.30. The molecule has 27 heavy (non-hydrogen) atoms. The molecule has 7 nitrogen and oxygen atoms in total. The van der Waals surface area contributed by atoms with Crippen molar-refractivity contribution in [1.29, 1.82) is 0 Å². The molecule has 8 heteroatoms. The number of nitrogens with zero attached hydrogens (tertiary/aromatic N) is 2. The van der Waals surface area contributed by atoms with Gasteiger partial charge in [0.05, 0.1) is 5.92 Å². The Labute approximate surface area is 165 Å². The quantitative estimate of drug-likeness (QED) is 0.570. The van der Waals surface area contributed by atoms with Gasteiger partial charge in [-0.15, -0.1) is 0 Å². The number of alkyl carbamates (subject to hydrolysis) is 1. The summed E-state index contributed by atoms with van der Waals surface area (Å²) in [5.74, 6) is -0.0135. The van der Waals surface area contributed by atoms with Crippen LogP contribution in [-0.4, -0.2) is 53.7 Å². The van der Waals surface area contributed by atoms with Crippen molar-refractivity contribution in [3.05, 3.63) is 29.0 Å². The van der Waals surface area contributed by atoms with Crippen molar-refractivity contribution in [1.82, 2.24) is 20.5 Å². The molecule has 2 heterocycles. The second kappa shape index (κ2) is 9.90. The van der Waals surface area contributed by atoms with Crippen molar-refractivity contribution < 1.29 is 14.3 Å². The maximum Gasteiger partial charge on any atom is 0.407 e. The zero-order valence-electron chi connectivity index (χ0n) is 16.3. The molecule has 2 N–H and O–H groups in total. The number of amides is 2. The van der Waals surface area contributed by atoms with Gasteiger partial charge in [0.2, 0.25) is 5.91 Å². The highest BCUT2D eigenvalue weighted by atomic mass is 35.5. The lowest BCUT2D eigenvalue weighted by atomic mass is 9.97. The van der Waals surface area contributed by atoms with Crippen LogP contribution in [0.4, 0.5) is 4.79 Å². The van der Waals surface area contributed by atoms with Gasteiger partial charge >= 0.3 is 6.09 Å². The largest absolute Gasteiger partial charge is 0.444 e. The second-order valence-corrected chi connectivity index (χ2v) is 8.17. The lowest BCUT2D eigenvalue weighted by Crippen LogP contribution is -2.44. The molecule has 2 rings (SSSR count). The number of likely N-dealkylation sites (tertiary alicyclic amines) is 1. The maximum atomic E-state index is 12.4. The van der Waals surface area contributed by atoms with Gasteiger partial charge in [0.15, 0.2) is 0 Å². The lowest BCUT2D eigenvalue weighted by Gasteiger charge is -2.32. The summed E-state index contributed by atoms with van der Waals surface area (Å²) in [6.45, 7) is 8.59. The van der Waals surface area contributed by atoms with Crippen LogP contribution in [0.15, 0.2) is 18.3 Å². The van der Waals surface area contributed by atoms with Crippen molar-refractivity contribution >= 4 is 23.6 Å². The number of halogens is 1. The summed E-state index contributed by atoms with van der Waals surface area (Å²) in [6.07, 6.45) is 3.15. The third-order valence-corrected chi connectivity index (χ3v) is 4.39. The second-order valence-electron chi connectivity index (χ2n) is 7.78. The number of carbonyl (C=O) groups is 2. The van der Waals surface area contributed by atoms with Gasteiger partial charge in [0.1, 0.15) is 10.8 Å². The Kier molecular flexibility index (Phi) is 7.86. The molecule has 0 spiro atoms. The molecule has 1 saturated heterocycles. The maximum absolute atomic E-state index is 12.4. The summed E-state index contributed by atoms with van der Waals surface area (Å²) in [5, 5.41) is 6.02. The van der Waals surface area contributed by atoms with Gasteiger partial charge in [-0.05, 0) is 51.8 Å². The molecule has 1 unspecified atom stereocenters. The standard InChI is InChI=1S/C19H29ClN4O3/c1-19(2,3)27-18(26)22-9-8-21-17(25)15-5-4-10-24(13-15)12-14-6-7-16(20)23-11-14/h6-7,11,15H,4-5,8-10,12-13H2,1-3H3,(H,21,25)(H,22,26). The molecule has 1 atom stereocenters. The van der Waals surface area contributed by atoms with Crippen LogP contribution in [0.1, 0.15) is 39.2 Å². The van der Waals surface area contributed by atoms with E-state index in [1.807, 2.05) is 26.8 Å². The minimum absolute atomic E-state index is 0.0277. The number of hydrogen-bond acceptors (Lipinski definition) is 5. The molecule has 1 aromatic rings. The van der Waals surface area contributed by atoms with Crippen LogP contribution in [-0.2, 0) is 16.1 Å². The number of piperidine rings is 1. The molecule has 0 bridgehead atoms. The summed E-state index contributed by atoms with van der Waals surface area (Å²) in [7, 11) is 0. The zero-order valence-corrected chi connectivity index (χ0v) is 17.0. The van der Waals surface area contributed by atoms with Crippen LogP contribution in [0.2, 0.25) is 5.15 Å². The van der Waals surface area contributed by atoms with Gasteiger partial charge in [-0.1, -0.05) is 17.7 Å². The molecule has 1 aromatic heterocycles. The first-order chi connectivity index (χ1) is 12.7. The van der Waals surface area contributed by atoms with E-state index in [-0.39, 0.29) is 11.8 Å². The van der Waals surface area contributed by atoms with Crippen LogP contribution in [0.3, 0.4) is 0 Å². The van der Waals surface area contributed by atoms with E-state index in [9.17, 15) is 9.59 Å². The number of carbonyl (C=O) groups excluding carboxylic acids is 2. The summed E-state index contributed by atoms with van der Waals surface area (Å²) >= 11 is 5.82. The number of aromatic nitrogens is 1. The summed E-state index contributed by atoms with van der Waals surface area (Å²) in [6, 6.07) is 3.74. The highest BCUT2D eigenvalue weighted by Crippen LogP contribution is 2.19. The number of ether oxygens (including phenoxy) is 1. The van der Waals surface area contributed by atoms with E-state index in [1.54, 1.807) is 12.3 Å². The molecular formula is C19H29ClN4O3. The van der Waals surface area contributed by atoms with E-state index in [1.165, 1.54) is 0 Å². The van der Waals surface area contributed by atoms with Crippen molar-refractivity contribution in [3.63, 3.8) is 0 Å². The highest BCUT2D eigenvalue weighted by molar-refractivity contribution is 6.29. The van der Waals surface area contributed by atoms with Gasteiger partial charge in [0.25, 0.3) is 0 Å². The van der Waals surface area contributed by atoms with Gasteiger partial charge in [-0.3, -0.25) is 9.69 Å². The number of rotatable bonds is 6. The number of hydrogen-bond donors (Lipinski definition) is 2. The molecular weight excluding hydrogens is 368 g/mol. The van der Waals surface area contributed by atoms with E-state index in [2.05, 4.69) is 20.5 Å². The Balaban J connectivity index is 1.69. The van der Waals surface area contributed by atoms with Crippen LogP contribution in [0, 0.1) is 5.92 Å². The Hall–Kier alpha value is -1.86. The fraction of sp³-hybridized carbons (Fsp3) is 0.632. The third-order valence-electron chi connectivity index (χ3n) is 4.16. The zero-order chi connectivity index (χ0) is 19.9. The summed E-state index contributed by atoms with van der Waals surface area (Å²) < 4.78 is 5.16. The van der Waals surface area contributed by atoms with Gasteiger partial charge < -0.3 is 15.4 Å². The summed E-state index contributed by atoms with van der Waals surface area (Å²) in [5.41, 5.74) is 0.556. The Morgan fingerprint density at radius 2 is 2.04 bits per heavy atom. The predicted molar refractivity (Wildman–Crippen MR) is 104 cm³/mol. The van der Waals surface area contributed by atoms with E-state index in [0.717, 1.165) is 31.5 Å². The molecule has 1 aliphatic heterocycles. The Bertz CT molecular complexity index is 631. The Morgan fingerprint density at radius 3 is 2.70 bits per heavy atom. The molecule has 0 aromatic carbocycles. The monoisotopic (exact) mass is 396 g/mol. The first-order valence-corrected chi connectivity index (χ1v) is 9.68. The van der Waals surface area contributed by atoms with Crippen LogP contribution in [0.25, 0.3) is 0 Å². The molecule has 150 valence electrons. The minimum Gasteiger partial charge on any atom is -0.444 e. The van der Waals surface area contributed by atoms with E-state index < -0.39 is 11.7 Å². The van der Waals surface area contributed by atoms with Crippen molar-refractivity contribution in [2.24, 2.45) is 5.92 Å². The van der Waals surface area contributed by atoms with Gasteiger partial charge in [0, 0.05) is 32.4 Å². The topological polar surface area (TPSA) is 83.6 Å². The predicted octanol–water partition coefficient (Wildman–Crippen LogP) is 2.59. The van der Waals surface area contributed by atoms with Gasteiger partial charge in [-0.2, -0.15) is 0 Å². The fourth-order valence-electron chi connectivity index (χ4n) is 2.98. The van der Waals surface area contributed by atoms with E-state index in [4.69, 9.17) is 16.3 Å². The molecule has 2 amide bonds. The number of pyridine rings is 1. The van der Waals surface area contributed by atoms with Crippen LogP contribution in [0.5, 0.6) is 0 Å². The normalized spacial score (nSPS) is 18.0. The van der Waals surface area contributed by atoms with Crippen molar-refractivity contribution in [3.8, 4) is 0 Å². The number of nitrogens with one attached hydrogen (secondary N) is 2. The smallest absolute Gasteiger partial charge is 0.407 e. The van der Waals surface area contributed by atoms with E-state index in [0.29, 0.717) is 24.8 Å². The Morgan fingerprint density at radius 1 is 1.30 bits per heavy atom. The average molecular weight is 397 g/mol. The van der Waals surface area contributed by atoms with Crippen molar-refractivity contribution in [2.75, 3.05) is 26.2 Å². The SMILES string of the molecule is CC(C)(C)OC(=O)NCCNC(=O)C1CCCN(Cc2ccc(Cl)nc2)C1. The molecule has 1 aliphatic rings. The van der Waals surface area contributed by atoms with Gasteiger partial charge in [-0.25, -0.2) is 9.78 Å². The van der Waals surface area contributed by atoms with E-state index >= 15 is 0 Å².